The molecule has 3 atom stereocenters. The molecule has 0 radical (unpaired) electrons. The van der Waals surface area contributed by atoms with E-state index in [1.165, 1.54) is 12.1 Å². The molecule has 1 fully saturated rings. The molecule has 2 heterocycles. The summed E-state index contributed by atoms with van der Waals surface area (Å²) in [6.45, 7) is 0. The molecular formula is C13H17N5O3. The smallest absolute Gasteiger partial charge is 0.267 e. The third kappa shape index (κ3) is 2.54. The van der Waals surface area contributed by atoms with Crippen LogP contribution >= 0.6 is 0 Å². The highest BCUT2D eigenvalue weighted by molar-refractivity contribution is 6.39. The van der Waals surface area contributed by atoms with E-state index in [2.05, 4.69) is 15.5 Å². The van der Waals surface area contributed by atoms with E-state index in [0.29, 0.717) is 25.0 Å². The molecule has 2 amide bonds. The van der Waals surface area contributed by atoms with Crippen molar-refractivity contribution in [1.82, 2.24) is 20.1 Å². The summed E-state index contributed by atoms with van der Waals surface area (Å²) in [4.78, 5) is 23.5. The van der Waals surface area contributed by atoms with Crippen molar-refractivity contribution >= 4 is 17.5 Å². The first-order chi connectivity index (χ1) is 10.1. The Labute approximate surface area is 121 Å². The van der Waals surface area contributed by atoms with Gasteiger partial charge in [0, 0.05) is 32.3 Å². The number of nitrogens with one attached hydrogen (secondary N) is 1. The number of aromatic nitrogens is 2. The molecular weight excluding hydrogens is 274 g/mol. The normalized spacial score (nSPS) is 28.9. The topological polar surface area (TPSA) is 99.8 Å². The van der Waals surface area contributed by atoms with E-state index in [1.807, 2.05) is 0 Å². The van der Waals surface area contributed by atoms with Crippen molar-refractivity contribution in [1.29, 1.82) is 0 Å². The molecule has 0 unspecified atom stereocenters. The van der Waals surface area contributed by atoms with E-state index >= 15 is 0 Å². The van der Waals surface area contributed by atoms with Gasteiger partial charge in [0.1, 0.15) is 5.71 Å². The van der Waals surface area contributed by atoms with E-state index < -0.39 is 6.10 Å². The first-order valence-corrected chi connectivity index (χ1v) is 6.88. The van der Waals surface area contributed by atoms with Crippen molar-refractivity contribution in [3.8, 4) is 0 Å². The summed E-state index contributed by atoms with van der Waals surface area (Å²) >= 11 is 0. The van der Waals surface area contributed by atoms with Crippen LogP contribution in [0, 0.1) is 0 Å². The summed E-state index contributed by atoms with van der Waals surface area (Å²) in [5.41, 5.74) is 0.345. The lowest BCUT2D eigenvalue weighted by molar-refractivity contribution is -0.130. The molecule has 2 aliphatic rings. The van der Waals surface area contributed by atoms with Crippen LogP contribution in [0.2, 0.25) is 0 Å². The predicted molar refractivity (Wildman–Crippen MR) is 73.3 cm³/mol. The van der Waals surface area contributed by atoms with Gasteiger partial charge < -0.3 is 10.4 Å². The molecule has 1 aliphatic heterocycles. The Hall–Kier alpha value is -2.22. The number of carbonyl (C=O) groups is 2. The van der Waals surface area contributed by atoms with Gasteiger partial charge in [-0.15, -0.1) is 0 Å². The molecule has 3 rings (SSSR count). The van der Waals surface area contributed by atoms with Crippen molar-refractivity contribution in [3.63, 3.8) is 0 Å². The number of aliphatic hydroxyl groups excluding tert-OH is 1. The van der Waals surface area contributed by atoms with E-state index in [4.69, 9.17) is 0 Å². The van der Waals surface area contributed by atoms with Crippen LogP contribution in [0.3, 0.4) is 0 Å². The van der Waals surface area contributed by atoms with Crippen LogP contribution < -0.4 is 5.32 Å². The zero-order valence-electron chi connectivity index (χ0n) is 11.6. The number of amides is 2. The monoisotopic (exact) mass is 291 g/mol. The van der Waals surface area contributed by atoms with Gasteiger partial charge in [0.05, 0.1) is 18.2 Å². The largest absolute Gasteiger partial charge is 0.391 e. The van der Waals surface area contributed by atoms with Gasteiger partial charge in [-0.3, -0.25) is 14.3 Å². The van der Waals surface area contributed by atoms with Crippen LogP contribution in [0.25, 0.3) is 0 Å². The van der Waals surface area contributed by atoms with Gasteiger partial charge in [0.25, 0.3) is 5.91 Å². The second kappa shape index (κ2) is 5.28. The minimum absolute atomic E-state index is 0.0972. The molecule has 0 saturated heterocycles. The molecule has 0 aromatic carbocycles. The lowest BCUT2D eigenvalue weighted by Crippen LogP contribution is -2.57. The lowest BCUT2D eigenvalue weighted by atomic mass is 9.83. The van der Waals surface area contributed by atoms with Crippen molar-refractivity contribution < 1.29 is 14.7 Å². The highest BCUT2D eigenvalue weighted by atomic mass is 16.3. The number of hydrazone groups is 1. The van der Waals surface area contributed by atoms with E-state index in [9.17, 15) is 14.7 Å². The summed E-state index contributed by atoms with van der Waals surface area (Å²) < 4.78 is 1.65. The van der Waals surface area contributed by atoms with Gasteiger partial charge in [-0.1, -0.05) is 0 Å². The maximum Gasteiger partial charge on any atom is 0.267 e. The fraction of sp³-hybridized carbons (Fsp3) is 0.538. The molecule has 2 N–H and O–H groups in total. The number of nitrogens with zero attached hydrogens (tertiary/aromatic N) is 4. The molecule has 1 saturated carbocycles. The first kappa shape index (κ1) is 13.7. The number of hydrogen-bond acceptors (Lipinski definition) is 5. The minimum Gasteiger partial charge on any atom is -0.391 e. The summed E-state index contributed by atoms with van der Waals surface area (Å²) in [6, 6.07) is 1.33. The zero-order chi connectivity index (χ0) is 15.0. The third-order valence-electron chi connectivity index (χ3n) is 3.92. The molecule has 8 nitrogen and oxygen atoms in total. The van der Waals surface area contributed by atoms with Crippen LogP contribution in [0.1, 0.15) is 25.3 Å². The number of aliphatic hydroxyl groups is 1. The van der Waals surface area contributed by atoms with Crippen molar-refractivity contribution in [2.45, 2.75) is 37.5 Å². The highest BCUT2D eigenvalue weighted by Gasteiger charge is 2.43. The van der Waals surface area contributed by atoms with Gasteiger partial charge in [0.2, 0.25) is 5.91 Å². The summed E-state index contributed by atoms with van der Waals surface area (Å²) in [5, 5.41) is 22.0. The first-order valence-electron chi connectivity index (χ1n) is 6.88. The van der Waals surface area contributed by atoms with Gasteiger partial charge in [-0.25, -0.2) is 5.01 Å². The Morgan fingerprint density at radius 1 is 1.48 bits per heavy atom. The number of carbonyl (C=O) groups excluding carboxylic acids is 2. The molecule has 8 heteroatoms. The SMILES string of the molecule is CN1N=C(C(=O)N[C@H]2C[C@@H](O)[C@@H]2n2cccn2)CCC1=O. The van der Waals surface area contributed by atoms with Gasteiger partial charge in [-0.05, 0) is 12.5 Å². The van der Waals surface area contributed by atoms with Crippen molar-refractivity contribution in [3.05, 3.63) is 18.5 Å². The fourth-order valence-corrected chi connectivity index (χ4v) is 2.66. The van der Waals surface area contributed by atoms with Gasteiger partial charge >= 0.3 is 0 Å². The van der Waals surface area contributed by atoms with Gasteiger partial charge in [-0.2, -0.15) is 10.2 Å². The third-order valence-corrected chi connectivity index (χ3v) is 3.92. The molecule has 1 aliphatic carbocycles. The van der Waals surface area contributed by atoms with Crippen LogP contribution in [0.5, 0.6) is 0 Å². The molecule has 1 aromatic heterocycles. The van der Waals surface area contributed by atoms with Crippen LogP contribution in [0.15, 0.2) is 23.6 Å². The Bertz CT molecular complexity index is 583. The van der Waals surface area contributed by atoms with Gasteiger partial charge in [0.15, 0.2) is 0 Å². The fourth-order valence-electron chi connectivity index (χ4n) is 2.66. The quantitative estimate of drug-likeness (QED) is 0.767. The second-order valence-electron chi connectivity index (χ2n) is 5.32. The molecule has 0 spiro atoms. The number of rotatable bonds is 3. The average molecular weight is 291 g/mol. The van der Waals surface area contributed by atoms with Crippen LogP contribution in [-0.2, 0) is 9.59 Å². The second-order valence-corrected chi connectivity index (χ2v) is 5.32. The van der Waals surface area contributed by atoms with Crippen LogP contribution in [0.4, 0.5) is 0 Å². The predicted octanol–water partition coefficient (Wildman–Crippen LogP) is -0.718. The van der Waals surface area contributed by atoms with Crippen molar-refractivity contribution in [2.24, 2.45) is 5.10 Å². The molecule has 21 heavy (non-hydrogen) atoms. The van der Waals surface area contributed by atoms with Crippen molar-refractivity contribution in [2.75, 3.05) is 7.05 Å². The molecule has 0 bridgehead atoms. The van der Waals surface area contributed by atoms with E-state index in [0.717, 1.165) is 0 Å². The Morgan fingerprint density at radius 2 is 2.29 bits per heavy atom. The molecule has 1 aromatic rings. The summed E-state index contributed by atoms with van der Waals surface area (Å²) in [5.74, 6) is -0.386. The van der Waals surface area contributed by atoms with E-state index in [-0.39, 0.29) is 23.9 Å². The summed E-state index contributed by atoms with van der Waals surface area (Å²) in [7, 11) is 1.54. The van der Waals surface area contributed by atoms with E-state index in [1.54, 1.807) is 23.1 Å². The maximum atomic E-state index is 12.2. The number of hydrogen-bond donors (Lipinski definition) is 2. The van der Waals surface area contributed by atoms with Crippen LogP contribution in [-0.4, -0.2) is 56.6 Å². The standard InChI is InChI=1S/C13H17N5O3/c1-17-11(20)4-3-8(16-17)13(21)15-9-7-10(19)12(9)18-6-2-5-14-18/h2,5-6,9-10,12,19H,3-4,7H2,1H3,(H,15,21)/t9-,10+,12+/m0/s1. The minimum atomic E-state index is -0.521. The highest BCUT2D eigenvalue weighted by Crippen LogP contribution is 2.32. The molecule has 112 valence electrons. The average Bonchev–Trinajstić information content (AvgIpc) is 2.94. The zero-order valence-corrected chi connectivity index (χ0v) is 11.6. The Kier molecular flexibility index (Phi) is 3.46. The summed E-state index contributed by atoms with van der Waals surface area (Å²) in [6.07, 6.45) is 3.99. The lowest BCUT2D eigenvalue weighted by Gasteiger charge is -2.41. The Balaban J connectivity index is 1.66. The Morgan fingerprint density at radius 3 is 2.90 bits per heavy atom. The maximum absolute atomic E-state index is 12.2.